The molecule has 2 aliphatic heterocycles. The lowest BCUT2D eigenvalue weighted by Gasteiger charge is -2.23. The average Bonchev–Trinajstić information content (AvgIpc) is 2.96. The predicted molar refractivity (Wildman–Crippen MR) is 77.8 cm³/mol. The van der Waals surface area contributed by atoms with Crippen LogP contribution in [-0.2, 0) is 19.9 Å². The molecule has 3 unspecified atom stereocenters. The van der Waals surface area contributed by atoms with E-state index in [2.05, 4.69) is 5.32 Å². The molecule has 1 aromatic rings. The number of hydrogen-bond donors (Lipinski definition) is 1. The summed E-state index contributed by atoms with van der Waals surface area (Å²) in [5.74, 6) is -1.06. The van der Waals surface area contributed by atoms with E-state index in [0.29, 0.717) is 17.5 Å². The molecule has 3 amide bonds. The lowest BCUT2D eigenvalue weighted by Crippen LogP contribution is -2.45. The summed E-state index contributed by atoms with van der Waals surface area (Å²) in [7, 11) is 0. The molecule has 0 aromatic heterocycles. The van der Waals surface area contributed by atoms with Gasteiger partial charge in [0.1, 0.15) is 17.7 Å². The Morgan fingerprint density at radius 2 is 1.96 bits per heavy atom. The molecule has 0 bridgehead atoms. The topological polar surface area (TPSA) is 99.5 Å². The van der Waals surface area contributed by atoms with Gasteiger partial charge in [-0.2, -0.15) is 5.26 Å². The van der Waals surface area contributed by atoms with Crippen molar-refractivity contribution >= 4 is 17.9 Å². The molecule has 0 saturated carbocycles. The summed E-state index contributed by atoms with van der Waals surface area (Å²) in [6, 6.07) is 6.89. The third-order valence-electron chi connectivity index (χ3n) is 4.27. The van der Waals surface area contributed by atoms with Crippen LogP contribution in [-0.4, -0.2) is 35.0 Å². The lowest BCUT2D eigenvalue weighted by atomic mass is 9.91. The van der Waals surface area contributed by atoms with Gasteiger partial charge >= 0.3 is 12.0 Å². The SMILES string of the molecule is CC1CC(N2C(=O)NC(C)(c3ccc(C#N)cc3)C2=O)C(=O)O1. The van der Waals surface area contributed by atoms with Crippen molar-refractivity contribution in [1.29, 1.82) is 5.26 Å². The van der Waals surface area contributed by atoms with Gasteiger partial charge in [-0.3, -0.25) is 4.79 Å². The Labute approximate surface area is 132 Å². The second-order valence-corrected chi connectivity index (χ2v) is 5.92. The van der Waals surface area contributed by atoms with Crippen molar-refractivity contribution in [3.8, 4) is 6.07 Å². The fraction of sp³-hybridized carbons (Fsp3) is 0.375. The minimum atomic E-state index is -1.27. The fourth-order valence-electron chi connectivity index (χ4n) is 2.96. The average molecular weight is 313 g/mol. The van der Waals surface area contributed by atoms with E-state index in [0.717, 1.165) is 4.90 Å². The number of urea groups is 1. The molecule has 23 heavy (non-hydrogen) atoms. The third kappa shape index (κ3) is 2.23. The Morgan fingerprint density at radius 3 is 2.48 bits per heavy atom. The number of nitrogens with zero attached hydrogens (tertiary/aromatic N) is 2. The summed E-state index contributed by atoms with van der Waals surface area (Å²) in [5, 5.41) is 11.5. The Hall–Kier alpha value is -2.88. The second kappa shape index (κ2) is 5.09. The summed E-state index contributed by atoms with van der Waals surface area (Å²) < 4.78 is 5.04. The van der Waals surface area contributed by atoms with Crippen molar-refractivity contribution in [3.63, 3.8) is 0 Å². The molecule has 2 fully saturated rings. The van der Waals surface area contributed by atoms with Crippen LogP contribution in [0.25, 0.3) is 0 Å². The van der Waals surface area contributed by atoms with Gasteiger partial charge in [0, 0.05) is 6.42 Å². The number of rotatable bonds is 2. The number of hydrogen-bond acceptors (Lipinski definition) is 5. The maximum absolute atomic E-state index is 12.8. The second-order valence-electron chi connectivity index (χ2n) is 5.92. The number of nitriles is 1. The van der Waals surface area contributed by atoms with E-state index in [9.17, 15) is 14.4 Å². The van der Waals surface area contributed by atoms with Crippen LogP contribution in [0.5, 0.6) is 0 Å². The number of ether oxygens (including phenoxy) is 1. The number of esters is 1. The van der Waals surface area contributed by atoms with Gasteiger partial charge in [0.05, 0.1) is 11.6 Å². The molecule has 2 heterocycles. The van der Waals surface area contributed by atoms with Gasteiger partial charge in [-0.15, -0.1) is 0 Å². The normalized spacial score (nSPS) is 30.1. The van der Waals surface area contributed by atoms with E-state index in [1.165, 1.54) is 0 Å². The fourth-order valence-corrected chi connectivity index (χ4v) is 2.96. The molecule has 7 heteroatoms. The molecule has 2 saturated heterocycles. The van der Waals surface area contributed by atoms with Crippen LogP contribution in [0, 0.1) is 11.3 Å². The summed E-state index contributed by atoms with van der Waals surface area (Å²) in [4.78, 5) is 37.9. The standard InChI is InChI=1S/C16H15N3O4/c1-9-7-12(13(20)23-9)19-14(21)16(2,18-15(19)22)11-5-3-10(8-17)4-6-11/h3-6,9,12H,7H2,1-2H3,(H,18,22). The number of imide groups is 1. The highest BCUT2D eigenvalue weighted by molar-refractivity contribution is 6.09. The van der Waals surface area contributed by atoms with Crippen LogP contribution >= 0.6 is 0 Å². The largest absolute Gasteiger partial charge is 0.461 e. The summed E-state index contributed by atoms with van der Waals surface area (Å²) in [6.45, 7) is 3.30. The Morgan fingerprint density at radius 1 is 1.30 bits per heavy atom. The molecule has 2 aliphatic rings. The Kier molecular flexibility index (Phi) is 3.33. The van der Waals surface area contributed by atoms with Crippen LogP contribution in [0.4, 0.5) is 4.79 Å². The zero-order valence-electron chi connectivity index (χ0n) is 12.7. The molecule has 3 rings (SSSR count). The van der Waals surface area contributed by atoms with Crippen LogP contribution in [0.1, 0.15) is 31.4 Å². The smallest absolute Gasteiger partial charge is 0.329 e. The van der Waals surface area contributed by atoms with Crippen LogP contribution in [0.2, 0.25) is 0 Å². The zero-order valence-corrected chi connectivity index (χ0v) is 12.7. The van der Waals surface area contributed by atoms with Crippen molar-refractivity contribution in [1.82, 2.24) is 10.2 Å². The van der Waals surface area contributed by atoms with Gasteiger partial charge < -0.3 is 10.1 Å². The minimum Gasteiger partial charge on any atom is -0.461 e. The van der Waals surface area contributed by atoms with Crippen molar-refractivity contribution < 1.29 is 19.1 Å². The number of carbonyl (C=O) groups is 3. The molecule has 0 aliphatic carbocycles. The van der Waals surface area contributed by atoms with E-state index in [1.54, 1.807) is 38.1 Å². The van der Waals surface area contributed by atoms with E-state index in [4.69, 9.17) is 10.00 Å². The highest BCUT2D eigenvalue weighted by Gasteiger charge is 2.54. The molecule has 7 nitrogen and oxygen atoms in total. The van der Waals surface area contributed by atoms with Crippen molar-refractivity contribution in [2.24, 2.45) is 0 Å². The number of amides is 3. The number of nitrogens with one attached hydrogen (secondary N) is 1. The molecular formula is C16H15N3O4. The van der Waals surface area contributed by atoms with E-state index < -0.39 is 29.5 Å². The van der Waals surface area contributed by atoms with E-state index in [1.807, 2.05) is 6.07 Å². The monoisotopic (exact) mass is 313 g/mol. The van der Waals surface area contributed by atoms with Crippen molar-refractivity contribution in [2.45, 2.75) is 38.0 Å². The van der Waals surface area contributed by atoms with Gasteiger partial charge in [-0.25, -0.2) is 14.5 Å². The Balaban J connectivity index is 1.93. The first-order valence-corrected chi connectivity index (χ1v) is 7.24. The molecule has 1 N–H and O–H groups in total. The molecular weight excluding hydrogens is 298 g/mol. The Bertz CT molecular complexity index is 737. The first kappa shape index (κ1) is 15.0. The van der Waals surface area contributed by atoms with Crippen molar-refractivity contribution in [3.05, 3.63) is 35.4 Å². The summed E-state index contributed by atoms with van der Waals surface area (Å²) >= 11 is 0. The van der Waals surface area contributed by atoms with Gasteiger partial charge in [0.15, 0.2) is 0 Å². The van der Waals surface area contributed by atoms with E-state index >= 15 is 0 Å². The molecule has 0 spiro atoms. The number of cyclic esters (lactones) is 1. The molecule has 0 radical (unpaired) electrons. The predicted octanol–water partition coefficient (Wildman–Crippen LogP) is 1.03. The van der Waals surface area contributed by atoms with E-state index in [-0.39, 0.29) is 6.10 Å². The third-order valence-corrected chi connectivity index (χ3v) is 4.27. The van der Waals surface area contributed by atoms with Crippen LogP contribution < -0.4 is 5.32 Å². The number of benzene rings is 1. The van der Waals surface area contributed by atoms with Crippen LogP contribution in [0.3, 0.4) is 0 Å². The molecule has 118 valence electrons. The minimum absolute atomic E-state index is 0.293. The highest BCUT2D eigenvalue weighted by Crippen LogP contribution is 2.33. The first-order valence-electron chi connectivity index (χ1n) is 7.24. The number of carbonyl (C=O) groups excluding carboxylic acids is 3. The first-order chi connectivity index (χ1) is 10.9. The van der Waals surface area contributed by atoms with Gasteiger partial charge in [0.2, 0.25) is 0 Å². The summed E-state index contributed by atoms with van der Waals surface area (Å²) in [6.07, 6.45) is -0.0311. The highest BCUT2D eigenvalue weighted by atomic mass is 16.6. The van der Waals surface area contributed by atoms with Gasteiger partial charge in [-0.05, 0) is 31.5 Å². The van der Waals surface area contributed by atoms with Crippen LogP contribution in [0.15, 0.2) is 24.3 Å². The quantitative estimate of drug-likeness (QED) is 0.649. The van der Waals surface area contributed by atoms with Crippen molar-refractivity contribution in [2.75, 3.05) is 0 Å². The molecule has 1 aromatic carbocycles. The van der Waals surface area contributed by atoms with Gasteiger partial charge in [-0.1, -0.05) is 12.1 Å². The zero-order chi connectivity index (χ0) is 16.8. The maximum atomic E-state index is 12.8. The summed E-state index contributed by atoms with van der Waals surface area (Å²) in [5.41, 5.74) is -0.257. The lowest BCUT2D eigenvalue weighted by molar-refractivity contribution is -0.147. The van der Waals surface area contributed by atoms with Gasteiger partial charge in [0.25, 0.3) is 5.91 Å². The maximum Gasteiger partial charge on any atom is 0.329 e. The molecule has 3 atom stereocenters.